The number of amides is 1. The van der Waals surface area contributed by atoms with Crippen LogP contribution in [0.15, 0.2) is 71.1 Å². The maximum absolute atomic E-state index is 12.7. The zero-order valence-electron chi connectivity index (χ0n) is 14.4. The molecule has 1 amide bonds. The molecule has 0 saturated carbocycles. The third-order valence-electron chi connectivity index (χ3n) is 4.11. The molecule has 134 valence electrons. The molecular weight excluding hydrogens is 364 g/mol. The van der Waals surface area contributed by atoms with Gasteiger partial charge in [0.1, 0.15) is 11.3 Å². The molecule has 0 saturated heterocycles. The Kier molecular flexibility index (Phi) is 4.52. The highest BCUT2D eigenvalue weighted by Crippen LogP contribution is 2.31. The second kappa shape index (κ2) is 7.13. The largest absolute Gasteiger partial charge is 0.496 e. The van der Waals surface area contributed by atoms with E-state index in [0.29, 0.717) is 44.6 Å². The molecule has 4 rings (SSSR count). The fourth-order valence-electron chi connectivity index (χ4n) is 2.82. The number of carbonyl (C=O) groups excluding carboxylic acids is 1. The lowest BCUT2D eigenvalue weighted by atomic mass is 10.1. The van der Waals surface area contributed by atoms with Gasteiger partial charge in [-0.25, -0.2) is 4.98 Å². The lowest BCUT2D eigenvalue weighted by Gasteiger charge is -2.11. The molecule has 27 heavy (non-hydrogen) atoms. The standard InChI is InChI=1S/C21H15ClN2O3/c1-26-18-9-5-3-7-15(18)20(25)23-16-8-4-2-6-14(16)21-24-17-12-13(22)10-11-19(17)27-21/h2-12H,1H3,(H,23,25). The van der Waals surface area contributed by atoms with Crippen molar-refractivity contribution in [3.63, 3.8) is 0 Å². The number of ether oxygens (including phenoxy) is 1. The highest BCUT2D eigenvalue weighted by Gasteiger charge is 2.16. The predicted octanol–water partition coefficient (Wildman–Crippen LogP) is 5.41. The van der Waals surface area contributed by atoms with Gasteiger partial charge in [-0.3, -0.25) is 4.79 Å². The molecule has 6 heteroatoms. The molecular formula is C21H15ClN2O3. The summed E-state index contributed by atoms with van der Waals surface area (Å²) in [7, 11) is 1.53. The van der Waals surface area contributed by atoms with Crippen molar-refractivity contribution < 1.29 is 13.9 Å². The van der Waals surface area contributed by atoms with Crippen molar-refractivity contribution in [2.24, 2.45) is 0 Å². The van der Waals surface area contributed by atoms with Crippen molar-refractivity contribution in [1.29, 1.82) is 0 Å². The second-order valence-electron chi connectivity index (χ2n) is 5.83. The van der Waals surface area contributed by atoms with Gasteiger partial charge in [-0.05, 0) is 42.5 Å². The Bertz CT molecular complexity index is 1140. The number of nitrogens with zero attached hydrogens (tertiary/aromatic N) is 1. The van der Waals surface area contributed by atoms with E-state index in [0.717, 1.165) is 0 Å². The van der Waals surface area contributed by atoms with Crippen molar-refractivity contribution >= 4 is 34.3 Å². The number of rotatable bonds is 4. The summed E-state index contributed by atoms with van der Waals surface area (Å²) in [5, 5.41) is 3.49. The number of fused-ring (bicyclic) bond motifs is 1. The molecule has 0 radical (unpaired) electrons. The highest BCUT2D eigenvalue weighted by atomic mass is 35.5. The van der Waals surface area contributed by atoms with Gasteiger partial charge in [0.05, 0.1) is 23.9 Å². The van der Waals surface area contributed by atoms with Crippen LogP contribution in [-0.2, 0) is 0 Å². The predicted molar refractivity (Wildman–Crippen MR) is 105 cm³/mol. The first-order valence-corrected chi connectivity index (χ1v) is 8.63. The summed E-state index contributed by atoms with van der Waals surface area (Å²) in [6, 6.07) is 19.6. The molecule has 1 N–H and O–H groups in total. The normalized spacial score (nSPS) is 10.7. The van der Waals surface area contributed by atoms with Crippen LogP contribution in [0.2, 0.25) is 5.02 Å². The van der Waals surface area contributed by atoms with Crippen LogP contribution in [0.5, 0.6) is 5.75 Å². The molecule has 0 fully saturated rings. The molecule has 0 spiro atoms. The van der Waals surface area contributed by atoms with E-state index < -0.39 is 0 Å². The van der Waals surface area contributed by atoms with Gasteiger partial charge < -0.3 is 14.5 Å². The van der Waals surface area contributed by atoms with Crippen LogP contribution in [0.4, 0.5) is 5.69 Å². The third kappa shape index (κ3) is 3.37. The SMILES string of the molecule is COc1ccccc1C(=O)Nc1ccccc1-c1nc2cc(Cl)ccc2o1. The minimum absolute atomic E-state index is 0.279. The van der Waals surface area contributed by atoms with E-state index in [2.05, 4.69) is 10.3 Å². The zero-order valence-corrected chi connectivity index (χ0v) is 15.2. The van der Waals surface area contributed by atoms with Gasteiger partial charge >= 0.3 is 0 Å². The van der Waals surface area contributed by atoms with Crippen molar-refractivity contribution in [2.45, 2.75) is 0 Å². The number of methoxy groups -OCH3 is 1. The first-order chi connectivity index (χ1) is 13.2. The third-order valence-corrected chi connectivity index (χ3v) is 4.34. The molecule has 0 aliphatic heterocycles. The smallest absolute Gasteiger partial charge is 0.259 e. The molecule has 0 aliphatic rings. The second-order valence-corrected chi connectivity index (χ2v) is 6.27. The number of halogens is 1. The number of carbonyl (C=O) groups is 1. The minimum Gasteiger partial charge on any atom is -0.496 e. The number of nitrogens with one attached hydrogen (secondary N) is 1. The Morgan fingerprint density at radius 2 is 1.85 bits per heavy atom. The lowest BCUT2D eigenvalue weighted by Crippen LogP contribution is -2.13. The summed E-state index contributed by atoms with van der Waals surface area (Å²) in [5.41, 5.74) is 2.99. The van der Waals surface area contributed by atoms with Gasteiger partial charge in [0.2, 0.25) is 5.89 Å². The number of hydrogen-bond donors (Lipinski definition) is 1. The van der Waals surface area contributed by atoms with Gasteiger partial charge in [-0.1, -0.05) is 35.9 Å². The minimum atomic E-state index is -0.279. The van der Waals surface area contributed by atoms with Crippen molar-refractivity contribution in [1.82, 2.24) is 4.98 Å². The molecule has 0 unspecified atom stereocenters. The summed E-state index contributed by atoms with van der Waals surface area (Å²) in [5.74, 6) is 0.631. The van der Waals surface area contributed by atoms with Crippen LogP contribution in [0.3, 0.4) is 0 Å². The van der Waals surface area contributed by atoms with Gasteiger partial charge in [-0.15, -0.1) is 0 Å². The Morgan fingerprint density at radius 1 is 1.07 bits per heavy atom. The van der Waals surface area contributed by atoms with Gasteiger partial charge in [0.15, 0.2) is 5.58 Å². The van der Waals surface area contributed by atoms with Crippen LogP contribution >= 0.6 is 11.6 Å². The lowest BCUT2D eigenvalue weighted by molar-refractivity contribution is 0.102. The Labute approximate surface area is 160 Å². The first kappa shape index (κ1) is 17.1. The van der Waals surface area contributed by atoms with Gasteiger partial charge in [-0.2, -0.15) is 0 Å². The van der Waals surface area contributed by atoms with E-state index in [9.17, 15) is 4.79 Å². The molecule has 0 aliphatic carbocycles. The molecule has 4 aromatic rings. The van der Waals surface area contributed by atoms with E-state index in [1.165, 1.54) is 7.11 Å². The number of hydrogen-bond acceptors (Lipinski definition) is 4. The van der Waals surface area contributed by atoms with Crippen LogP contribution in [-0.4, -0.2) is 18.0 Å². The summed E-state index contributed by atoms with van der Waals surface area (Å²) in [6.07, 6.45) is 0. The number of aromatic nitrogens is 1. The number of oxazole rings is 1. The number of para-hydroxylation sites is 2. The molecule has 1 aromatic heterocycles. The topological polar surface area (TPSA) is 64.4 Å². The maximum atomic E-state index is 12.7. The number of anilines is 1. The first-order valence-electron chi connectivity index (χ1n) is 8.25. The van der Waals surface area contributed by atoms with E-state index in [-0.39, 0.29) is 5.91 Å². The van der Waals surface area contributed by atoms with Crippen molar-refractivity contribution in [3.8, 4) is 17.2 Å². The van der Waals surface area contributed by atoms with Crippen LogP contribution < -0.4 is 10.1 Å². The molecule has 3 aromatic carbocycles. The fourth-order valence-corrected chi connectivity index (χ4v) is 2.98. The Balaban J connectivity index is 1.71. The summed E-state index contributed by atoms with van der Waals surface area (Å²) in [4.78, 5) is 17.2. The maximum Gasteiger partial charge on any atom is 0.259 e. The van der Waals surface area contributed by atoms with Crippen LogP contribution in [0, 0.1) is 0 Å². The van der Waals surface area contributed by atoms with E-state index in [4.69, 9.17) is 20.8 Å². The number of benzene rings is 3. The fraction of sp³-hybridized carbons (Fsp3) is 0.0476. The summed E-state index contributed by atoms with van der Waals surface area (Å²) >= 11 is 6.02. The average Bonchev–Trinajstić information content (AvgIpc) is 3.11. The van der Waals surface area contributed by atoms with Crippen LogP contribution in [0.1, 0.15) is 10.4 Å². The molecule has 0 atom stereocenters. The summed E-state index contributed by atoms with van der Waals surface area (Å²) in [6.45, 7) is 0. The van der Waals surface area contributed by atoms with E-state index in [1.54, 1.807) is 42.5 Å². The van der Waals surface area contributed by atoms with Crippen molar-refractivity contribution in [2.75, 3.05) is 12.4 Å². The van der Waals surface area contributed by atoms with Crippen molar-refractivity contribution in [3.05, 3.63) is 77.3 Å². The molecule has 1 heterocycles. The van der Waals surface area contributed by atoms with Crippen LogP contribution in [0.25, 0.3) is 22.6 Å². The van der Waals surface area contributed by atoms with E-state index in [1.807, 2.05) is 24.3 Å². The quantitative estimate of drug-likeness (QED) is 0.515. The Morgan fingerprint density at radius 3 is 2.70 bits per heavy atom. The molecule has 5 nitrogen and oxygen atoms in total. The molecule has 0 bridgehead atoms. The average molecular weight is 379 g/mol. The summed E-state index contributed by atoms with van der Waals surface area (Å²) < 4.78 is 11.1. The van der Waals surface area contributed by atoms with Gasteiger partial charge in [0, 0.05) is 5.02 Å². The zero-order chi connectivity index (χ0) is 18.8. The highest BCUT2D eigenvalue weighted by molar-refractivity contribution is 6.31. The Hall–Kier alpha value is -3.31. The monoisotopic (exact) mass is 378 g/mol. The van der Waals surface area contributed by atoms with E-state index >= 15 is 0 Å². The van der Waals surface area contributed by atoms with Gasteiger partial charge in [0.25, 0.3) is 5.91 Å².